The van der Waals surface area contributed by atoms with Gasteiger partial charge in [0.1, 0.15) is 5.75 Å². The molecule has 1 aromatic carbocycles. The summed E-state index contributed by atoms with van der Waals surface area (Å²) in [5, 5.41) is 14.3. The first kappa shape index (κ1) is 16.6. The van der Waals surface area contributed by atoms with Crippen LogP contribution in [0.25, 0.3) is 0 Å². The van der Waals surface area contributed by atoms with E-state index in [9.17, 15) is 5.11 Å². The van der Waals surface area contributed by atoms with Crippen LogP contribution < -0.4 is 5.32 Å². The smallest absolute Gasteiger partial charge is 0.123 e. The van der Waals surface area contributed by atoms with Crippen molar-refractivity contribution >= 4 is 29.0 Å². The van der Waals surface area contributed by atoms with Crippen molar-refractivity contribution in [3.63, 3.8) is 0 Å². The molecule has 1 atom stereocenters. The summed E-state index contributed by atoms with van der Waals surface area (Å²) in [6, 6.07) is 4.26. The summed E-state index contributed by atoms with van der Waals surface area (Å²) in [4.78, 5) is 0.910. The summed E-state index contributed by atoms with van der Waals surface area (Å²) < 4.78 is 0. The van der Waals surface area contributed by atoms with Crippen LogP contribution in [0.2, 0.25) is 0 Å². The number of benzene rings is 1. The van der Waals surface area contributed by atoms with Gasteiger partial charge in [-0.15, -0.1) is 11.8 Å². The Morgan fingerprint density at radius 2 is 1.57 bits per heavy atom. The highest BCUT2D eigenvalue weighted by Gasteiger charge is 2.29. The molecule has 0 saturated carbocycles. The minimum Gasteiger partial charge on any atom is -0.507 e. The molecule has 1 unspecified atom stereocenters. The number of aromatic hydroxyl groups is 1. The first-order valence-electron chi connectivity index (χ1n) is 7.29. The van der Waals surface area contributed by atoms with Crippen LogP contribution in [0.5, 0.6) is 5.75 Å². The maximum Gasteiger partial charge on any atom is 0.123 e. The highest BCUT2D eigenvalue weighted by Crippen LogP contribution is 2.43. The van der Waals surface area contributed by atoms with Gasteiger partial charge < -0.3 is 10.4 Å². The molecule has 0 aliphatic carbocycles. The maximum absolute atomic E-state index is 10.7. The molecule has 1 fully saturated rings. The first-order valence-corrected chi connectivity index (χ1v) is 8.74. The van der Waals surface area contributed by atoms with Crippen LogP contribution in [0.15, 0.2) is 12.1 Å². The van der Waals surface area contributed by atoms with E-state index >= 15 is 0 Å². The molecule has 2 nitrogen and oxygen atoms in total. The third-order valence-electron chi connectivity index (χ3n) is 3.72. The number of thioether (sulfide) groups is 1. The number of phenolic OH excluding ortho intramolecular Hbond substituents is 1. The molecule has 0 bridgehead atoms. The Kier molecular flexibility index (Phi) is 4.33. The lowest BCUT2D eigenvalue weighted by Crippen LogP contribution is -2.21. The normalized spacial score (nSPS) is 19.7. The summed E-state index contributed by atoms with van der Waals surface area (Å²) in [6.07, 6.45) is 0. The van der Waals surface area contributed by atoms with Gasteiger partial charge in [-0.1, -0.05) is 53.8 Å². The fourth-order valence-electron chi connectivity index (χ4n) is 2.52. The molecule has 1 saturated heterocycles. The average Bonchev–Trinajstić information content (AvgIpc) is 2.73. The molecule has 0 amide bonds. The minimum absolute atomic E-state index is 0.0934. The quantitative estimate of drug-likeness (QED) is 0.737. The Morgan fingerprint density at radius 3 is 1.90 bits per heavy atom. The van der Waals surface area contributed by atoms with E-state index in [1.165, 1.54) is 5.56 Å². The monoisotopic (exact) mass is 323 g/mol. The second kappa shape index (κ2) is 5.47. The van der Waals surface area contributed by atoms with Crippen molar-refractivity contribution in [1.82, 2.24) is 5.32 Å². The molecule has 0 aromatic heterocycles. The van der Waals surface area contributed by atoms with Crippen molar-refractivity contribution in [2.75, 3.05) is 5.75 Å². The van der Waals surface area contributed by atoms with E-state index in [-0.39, 0.29) is 16.2 Å². The first-order chi connectivity index (χ1) is 9.50. The van der Waals surface area contributed by atoms with Gasteiger partial charge in [-0.05, 0) is 39.7 Å². The molecule has 2 N–H and O–H groups in total. The Labute approximate surface area is 137 Å². The van der Waals surface area contributed by atoms with Gasteiger partial charge in [0.15, 0.2) is 0 Å². The van der Waals surface area contributed by atoms with Gasteiger partial charge in [0.05, 0.1) is 10.4 Å². The summed E-state index contributed by atoms with van der Waals surface area (Å²) in [6.45, 7) is 12.8. The lowest BCUT2D eigenvalue weighted by atomic mass is 9.78. The standard InChI is InChI=1S/C17H25NOS2/c1-16(2,3)11-7-10(15-18-13(20)9-21-15)8-12(14(11)19)17(4,5)6/h7-8,15,19H,9H2,1-6H3,(H,18,20). The van der Waals surface area contributed by atoms with Gasteiger partial charge in [-0.3, -0.25) is 0 Å². The van der Waals surface area contributed by atoms with Crippen LogP contribution in [0.4, 0.5) is 0 Å². The van der Waals surface area contributed by atoms with E-state index in [2.05, 4.69) is 59.0 Å². The van der Waals surface area contributed by atoms with Gasteiger partial charge in [0.25, 0.3) is 0 Å². The van der Waals surface area contributed by atoms with Crippen LogP contribution in [0, 0.1) is 0 Å². The van der Waals surface area contributed by atoms with Crippen LogP contribution >= 0.6 is 24.0 Å². The van der Waals surface area contributed by atoms with Crippen molar-refractivity contribution < 1.29 is 5.11 Å². The van der Waals surface area contributed by atoms with Crippen LogP contribution in [-0.2, 0) is 10.8 Å². The van der Waals surface area contributed by atoms with Gasteiger partial charge in [0.2, 0.25) is 0 Å². The summed E-state index contributed by atoms with van der Waals surface area (Å²) >= 11 is 7.07. The van der Waals surface area contributed by atoms with Crippen LogP contribution in [0.1, 0.15) is 63.6 Å². The lowest BCUT2D eigenvalue weighted by molar-refractivity contribution is 0.422. The summed E-state index contributed by atoms with van der Waals surface area (Å²) in [5.74, 6) is 1.31. The van der Waals surface area contributed by atoms with Crippen LogP contribution in [-0.4, -0.2) is 15.8 Å². The number of thiocarbonyl (C=S) groups is 1. The van der Waals surface area contributed by atoms with Gasteiger partial charge in [-0.2, -0.15) is 0 Å². The van der Waals surface area contributed by atoms with Crippen molar-refractivity contribution in [3.8, 4) is 5.75 Å². The molecule has 1 aliphatic heterocycles. The third kappa shape index (κ3) is 3.54. The molecule has 1 aromatic rings. The molecule has 4 heteroatoms. The molecule has 1 aliphatic rings. The predicted octanol–water partition coefficient (Wildman–Crippen LogP) is 4.65. The van der Waals surface area contributed by atoms with Gasteiger partial charge in [-0.25, -0.2) is 0 Å². The summed E-state index contributed by atoms with van der Waals surface area (Å²) in [5.41, 5.74) is 3.02. The largest absolute Gasteiger partial charge is 0.507 e. The Bertz CT molecular complexity index is 532. The molecule has 2 rings (SSSR count). The highest BCUT2D eigenvalue weighted by atomic mass is 32.2. The zero-order valence-corrected chi connectivity index (χ0v) is 15.3. The van der Waals surface area contributed by atoms with Gasteiger partial charge in [0, 0.05) is 5.75 Å². The molecule has 116 valence electrons. The number of nitrogens with one attached hydrogen (secondary N) is 1. The number of phenols is 1. The molecule has 1 heterocycles. The lowest BCUT2D eigenvalue weighted by Gasteiger charge is -2.29. The van der Waals surface area contributed by atoms with E-state index in [0.717, 1.165) is 21.9 Å². The number of hydrogen-bond donors (Lipinski definition) is 2. The van der Waals surface area contributed by atoms with Crippen molar-refractivity contribution in [3.05, 3.63) is 28.8 Å². The highest BCUT2D eigenvalue weighted by molar-refractivity contribution is 8.02. The van der Waals surface area contributed by atoms with Gasteiger partial charge >= 0.3 is 0 Å². The van der Waals surface area contributed by atoms with Crippen LogP contribution in [0.3, 0.4) is 0 Å². The third-order valence-corrected chi connectivity index (χ3v) is 5.35. The fraction of sp³-hybridized carbons (Fsp3) is 0.588. The van der Waals surface area contributed by atoms with Crippen molar-refractivity contribution in [1.29, 1.82) is 0 Å². The van der Waals surface area contributed by atoms with Crippen molar-refractivity contribution in [2.45, 2.75) is 57.7 Å². The predicted molar refractivity (Wildman–Crippen MR) is 96.4 cm³/mol. The topological polar surface area (TPSA) is 32.3 Å². The Balaban J connectivity index is 2.59. The fourth-order valence-corrected chi connectivity index (χ4v) is 3.87. The second-order valence-corrected chi connectivity index (χ2v) is 9.31. The molecule has 0 radical (unpaired) electrons. The summed E-state index contributed by atoms with van der Waals surface area (Å²) in [7, 11) is 0. The zero-order chi connectivity index (χ0) is 16.0. The Morgan fingerprint density at radius 1 is 1.10 bits per heavy atom. The average molecular weight is 324 g/mol. The van der Waals surface area contributed by atoms with E-state index in [0.29, 0.717) is 5.75 Å². The molecule has 21 heavy (non-hydrogen) atoms. The second-order valence-electron chi connectivity index (χ2n) is 7.72. The van der Waals surface area contributed by atoms with E-state index in [1.807, 2.05) is 11.8 Å². The minimum atomic E-state index is -0.0934. The number of rotatable bonds is 1. The SMILES string of the molecule is CC(C)(C)c1cc(C2NC(=S)CS2)cc(C(C)(C)C)c1O. The zero-order valence-electron chi connectivity index (χ0n) is 13.7. The van der Waals surface area contributed by atoms with E-state index in [1.54, 1.807) is 0 Å². The molecular formula is C17H25NOS2. The molecular weight excluding hydrogens is 298 g/mol. The molecule has 0 spiro atoms. The maximum atomic E-state index is 10.7. The Hall–Kier alpha value is -0.740. The van der Waals surface area contributed by atoms with Crippen molar-refractivity contribution in [2.24, 2.45) is 0 Å². The van der Waals surface area contributed by atoms with E-state index in [4.69, 9.17) is 12.2 Å². The van der Waals surface area contributed by atoms with E-state index < -0.39 is 0 Å². The number of hydrogen-bond acceptors (Lipinski definition) is 3.